The molecule has 260 valence electrons. The van der Waals surface area contributed by atoms with Gasteiger partial charge >= 0.3 is 12.1 Å². The van der Waals surface area contributed by atoms with E-state index < -0.39 is 12.1 Å². The van der Waals surface area contributed by atoms with E-state index in [2.05, 4.69) is 24.1 Å². The van der Waals surface area contributed by atoms with E-state index in [0.717, 1.165) is 71.6 Å². The average Bonchev–Trinajstić information content (AvgIpc) is 3.88. The first-order chi connectivity index (χ1) is 24.3. The number of anilines is 1. The number of hydrogen-bond acceptors (Lipinski definition) is 10. The summed E-state index contributed by atoms with van der Waals surface area (Å²) >= 11 is 7.18. The number of halogens is 1. The van der Waals surface area contributed by atoms with Crippen molar-refractivity contribution in [2.75, 3.05) is 51.3 Å². The van der Waals surface area contributed by atoms with Crippen molar-refractivity contribution < 1.29 is 23.8 Å². The van der Waals surface area contributed by atoms with Gasteiger partial charge in [-0.2, -0.15) is 20.3 Å². The highest BCUT2D eigenvalue weighted by Gasteiger charge is 2.33. The van der Waals surface area contributed by atoms with Crippen LogP contribution in [0.15, 0.2) is 35.1 Å². The van der Waals surface area contributed by atoms with E-state index in [9.17, 15) is 15.2 Å². The third-order valence-electron chi connectivity index (χ3n) is 10.5. The Hall–Kier alpha value is -4.64. The number of ether oxygens (including phenoxy) is 2. The summed E-state index contributed by atoms with van der Waals surface area (Å²) in [6, 6.07) is 8.12. The normalized spacial score (nSPS) is 21.8. The van der Waals surface area contributed by atoms with Crippen LogP contribution in [-0.4, -0.2) is 99.3 Å². The molecule has 3 aliphatic rings. The second-order valence-corrected chi connectivity index (χ2v) is 13.9. The van der Waals surface area contributed by atoms with E-state index in [1.165, 1.54) is 4.90 Å². The van der Waals surface area contributed by atoms with Crippen molar-refractivity contribution in [3.63, 3.8) is 0 Å². The molecule has 0 saturated carbocycles. The number of furan rings is 1. The van der Waals surface area contributed by atoms with Gasteiger partial charge in [0, 0.05) is 48.6 Å². The summed E-state index contributed by atoms with van der Waals surface area (Å²) in [5.41, 5.74) is 4.72. The highest BCUT2D eigenvalue weighted by molar-refractivity contribution is 6.36. The molecule has 3 aliphatic heterocycles. The maximum Gasteiger partial charge on any atom is 0.407 e. The van der Waals surface area contributed by atoms with Crippen molar-refractivity contribution in [3.05, 3.63) is 41.2 Å². The second-order valence-electron chi connectivity index (χ2n) is 13.6. The van der Waals surface area contributed by atoms with E-state index in [-0.39, 0.29) is 37.8 Å². The molecule has 3 aromatic heterocycles. The number of benzene rings is 2. The number of rotatable bonds is 7. The second kappa shape index (κ2) is 13.2. The van der Waals surface area contributed by atoms with Gasteiger partial charge in [-0.15, -0.1) is 0 Å². The van der Waals surface area contributed by atoms with Crippen LogP contribution in [0.4, 0.5) is 10.6 Å². The van der Waals surface area contributed by atoms with E-state index in [1.807, 2.05) is 34.8 Å². The van der Waals surface area contributed by atoms with E-state index in [4.69, 9.17) is 40.6 Å². The maximum absolute atomic E-state index is 12.0. The number of aromatic nitrogens is 4. The van der Waals surface area contributed by atoms with Crippen LogP contribution in [-0.2, 0) is 4.74 Å². The topological polar surface area (TPSA) is 146 Å². The molecular formula is C36H39ClN8O5. The summed E-state index contributed by atoms with van der Waals surface area (Å²) < 4.78 is 20.6. The van der Waals surface area contributed by atoms with Gasteiger partial charge in [0.15, 0.2) is 6.23 Å². The van der Waals surface area contributed by atoms with Crippen LogP contribution in [0.3, 0.4) is 0 Å². The third-order valence-corrected chi connectivity index (χ3v) is 11.0. The van der Waals surface area contributed by atoms with E-state index >= 15 is 0 Å². The minimum absolute atomic E-state index is 0.0605. The van der Waals surface area contributed by atoms with Gasteiger partial charge in [0.05, 0.1) is 52.4 Å². The van der Waals surface area contributed by atoms with Crippen LogP contribution in [0.1, 0.15) is 50.3 Å². The summed E-state index contributed by atoms with van der Waals surface area (Å²) in [5, 5.41) is 27.2. The Kier molecular flexibility index (Phi) is 8.62. The summed E-state index contributed by atoms with van der Waals surface area (Å²) in [6.07, 6.45) is 7.55. The van der Waals surface area contributed by atoms with Crippen molar-refractivity contribution in [1.29, 1.82) is 5.26 Å². The Morgan fingerprint density at radius 3 is 2.78 bits per heavy atom. The molecule has 0 spiro atoms. The highest BCUT2D eigenvalue weighted by atomic mass is 35.5. The van der Waals surface area contributed by atoms with Crippen molar-refractivity contribution in [2.24, 2.45) is 0 Å². The van der Waals surface area contributed by atoms with Gasteiger partial charge < -0.3 is 33.7 Å². The van der Waals surface area contributed by atoms with Gasteiger partial charge in [-0.1, -0.05) is 11.6 Å². The average molecular weight is 699 g/mol. The molecular weight excluding hydrogens is 660 g/mol. The molecule has 2 aromatic carbocycles. The van der Waals surface area contributed by atoms with Gasteiger partial charge in [-0.05, 0) is 81.9 Å². The zero-order valence-corrected chi connectivity index (χ0v) is 28.9. The molecule has 0 radical (unpaired) electrons. The lowest BCUT2D eigenvalue weighted by atomic mass is 9.95. The minimum atomic E-state index is -1.04. The number of nitrogens with zero attached hydrogens (tertiary/aromatic N) is 8. The van der Waals surface area contributed by atoms with Crippen molar-refractivity contribution in [2.45, 2.75) is 63.8 Å². The molecule has 3 saturated heterocycles. The lowest BCUT2D eigenvalue weighted by Crippen LogP contribution is -2.55. The van der Waals surface area contributed by atoms with E-state index in [1.54, 1.807) is 6.26 Å². The number of likely N-dealkylation sites (tertiary alicyclic amines) is 1. The lowest BCUT2D eigenvalue weighted by molar-refractivity contribution is -0.0366. The van der Waals surface area contributed by atoms with Crippen LogP contribution in [0, 0.1) is 18.3 Å². The Morgan fingerprint density at radius 2 is 2.02 bits per heavy atom. The number of carboxylic acid groups (broad SMARTS) is 1. The number of amides is 1. The number of hydrogen-bond donors (Lipinski definition) is 1. The number of carbonyl (C=O) groups is 1. The molecule has 0 bridgehead atoms. The molecule has 6 heterocycles. The van der Waals surface area contributed by atoms with Crippen LogP contribution >= 0.6 is 11.6 Å². The van der Waals surface area contributed by atoms with Crippen molar-refractivity contribution >= 4 is 56.3 Å². The molecule has 50 heavy (non-hydrogen) atoms. The summed E-state index contributed by atoms with van der Waals surface area (Å²) in [4.78, 5) is 27.6. The molecule has 1 amide bonds. The van der Waals surface area contributed by atoms with Gasteiger partial charge in [-0.25, -0.2) is 9.48 Å². The maximum atomic E-state index is 12.0. The van der Waals surface area contributed by atoms with Crippen molar-refractivity contribution in [3.8, 4) is 23.2 Å². The Labute approximate surface area is 293 Å². The van der Waals surface area contributed by atoms with Crippen molar-refractivity contribution in [1.82, 2.24) is 29.5 Å². The van der Waals surface area contributed by atoms with Crippen LogP contribution in [0.2, 0.25) is 5.02 Å². The fraction of sp³-hybridized carbons (Fsp3) is 0.472. The molecule has 3 fully saturated rings. The number of nitriles is 1. The van der Waals surface area contributed by atoms with Gasteiger partial charge in [0.1, 0.15) is 18.0 Å². The molecule has 8 rings (SSSR count). The number of piperazine rings is 1. The summed E-state index contributed by atoms with van der Waals surface area (Å²) in [7, 11) is 2.10. The molecule has 1 N–H and O–H groups in total. The minimum Gasteiger partial charge on any atom is -0.465 e. The Balaban J connectivity index is 1.30. The SMILES string of the molecule is Cc1cc2c(cnn2C2CCCCO2)c(-c2cc3nc(OCC4CCCN4C)nc(N4CCN(C(=O)O)[C@@H](CC#N)C4)c3c3occc23)c1Cl. The number of aryl methyl sites for hydroxylation is 1. The first kappa shape index (κ1) is 32.6. The molecule has 13 nitrogen and oxygen atoms in total. The number of likely N-dealkylation sites (N-methyl/N-ethyl adjacent to an activating group) is 1. The Morgan fingerprint density at radius 1 is 1.14 bits per heavy atom. The van der Waals surface area contributed by atoms with Gasteiger partial charge in [0.2, 0.25) is 0 Å². The summed E-state index contributed by atoms with van der Waals surface area (Å²) in [6.45, 7) is 5.04. The third kappa shape index (κ3) is 5.65. The van der Waals surface area contributed by atoms with Gasteiger partial charge in [-0.3, -0.25) is 0 Å². The molecule has 2 unspecified atom stereocenters. The van der Waals surface area contributed by atoms with Crippen LogP contribution < -0.4 is 9.64 Å². The quantitative estimate of drug-likeness (QED) is 0.196. The van der Waals surface area contributed by atoms with Crippen LogP contribution in [0.5, 0.6) is 6.01 Å². The largest absolute Gasteiger partial charge is 0.465 e. The zero-order chi connectivity index (χ0) is 34.5. The standard InChI is InChI=1S/C36H39ClN8O5/c1-21-16-28-26(18-39-45(28)29-7-3-4-14-48-29)30(32(21)37)25-17-27-31(33-24(25)9-15-49-33)34(41-35(40-27)50-20-23-6-5-11-42(23)2)43-12-13-44(36(46)47)22(19-43)8-10-38/h9,15-18,22-23,29H,3-8,11-14,19-20H2,1-2H3,(H,46,47)/t22-,23?,29?/m0/s1. The number of fused-ring (bicyclic) bond motifs is 4. The molecule has 0 aliphatic carbocycles. The first-order valence-electron chi connectivity index (χ1n) is 17.3. The smallest absolute Gasteiger partial charge is 0.407 e. The molecule has 14 heteroatoms. The summed E-state index contributed by atoms with van der Waals surface area (Å²) in [5.74, 6) is 0.576. The highest BCUT2D eigenvalue weighted by Crippen LogP contribution is 2.45. The van der Waals surface area contributed by atoms with Crippen LogP contribution in [0.25, 0.3) is 43.9 Å². The fourth-order valence-corrected chi connectivity index (χ4v) is 8.10. The first-order valence-corrected chi connectivity index (χ1v) is 17.6. The predicted molar refractivity (Wildman–Crippen MR) is 189 cm³/mol. The monoisotopic (exact) mass is 698 g/mol. The predicted octanol–water partition coefficient (Wildman–Crippen LogP) is 6.61. The molecule has 3 atom stereocenters. The lowest BCUT2D eigenvalue weighted by Gasteiger charge is -2.39. The zero-order valence-electron chi connectivity index (χ0n) is 28.1. The Bertz CT molecular complexity index is 2140. The van der Waals surface area contributed by atoms with Gasteiger partial charge in [0.25, 0.3) is 0 Å². The van der Waals surface area contributed by atoms with E-state index in [0.29, 0.717) is 47.1 Å². The molecule has 5 aromatic rings. The fourth-order valence-electron chi connectivity index (χ4n) is 7.84.